The molecule has 1 saturated carbocycles. The van der Waals surface area contributed by atoms with Crippen molar-refractivity contribution in [3.8, 4) is 0 Å². The summed E-state index contributed by atoms with van der Waals surface area (Å²) >= 11 is 0. The summed E-state index contributed by atoms with van der Waals surface area (Å²) < 4.78 is 0. The van der Waals surface area contributed by atoms with E-state index in [4.69, 9.17) is 0 Å². The normalized spacial score (nSPS) is 29.1. The summed E-state index contributed by atoms with van der Waals surface area (Å²) in [5.74, 6) is -0.00173. The zero-order valence-electron chi connectivity index (χ0n) is 14.2. The van der Waals surface area contributed by atoms with Crippen molar-refractivity contribution >= 4 is 5.91 Å². The lowest BCUT2D eigenvalue weighted by molar-refractivity contribution is -0.110. The van der Waals surface area contributed by atoms with E-state index in [0.717, 1.165) is 31.2 Å². The molecule has 2 aromatic rings. The van der Waals surface area contributed by atoms with E-state index in [2.05, 4.69) is 10.2 Å². The molecule has 0 radical (unpaired) electrons. The SMILES string of the molecule is O=C(c1cccnn1)N1CC[C@](O)(c2ccccc2)[C@H]2CCCC[C@H]21. The Bertz CT molecular complexity index is 737. The highest BCUT2D eigenvalue weighted by atomic mass is 16.3. The van der Waals surface area contributed by atoms with Gasteiger partial charge in [-0.05, 0) is 37.0 Å². The van der Waals surface area contributed by atoms with Crippen molar-refractivity contribution in [2.45, 2.75) is 43.7 Å². The van der Waals surface area contributed by atoms with Crippen molar-refractivity contribution in [1.29, 1.82) is 0 Å². The number of aromatic nitrogens is 2. The number of piperidine rings is 1. The molecule has 1 N–H and O–H groups in total. The molecule has 2 heterocycles. The number of hydrogen-bond donors (Lipinski definition) is 1. The number of nitrogens with zero attached hydrogens (tertiary/aromatic N) is 3. The third-order valence-electron chi connectivity index (χ3n) is 5.80. The summed E-state index contributed by atoms with van der Waals surface area (Å²) in [6.45, 7) is 0.544. The first-order valence-electron chi connectivity index (χ1n) is 9.07. The molecule has 25 heavy (non-hydrogen) atoms. The Morgan fingerprint density at radius 2 is 1.92 bits per heavy atom. The second kappa shape index (κ2) is 6.56. The van der Waals surface area contributed by atoms with E-state index in [1.54, 1.807) is 18.3 Å². The quantitative estimate of drug-likeness (QED) is 0.915. The third kappa shape index (κ3) is 2.82. The zero-order valence-corrected chi connectivity index (χ0v) is 14.2. The van der Waals surface area contributed by atoms with Gasteiger partial charge in [-0.2, -0.15) is 5.10 Å². The van der Waals surface area contributed by atoms with Crippen molar-refractivity contribution in [3.05, 3.63) is 59.9 Å². The molecule has 5 nitrogen and oxygen atoms in total. The van der Waals surface area contributed by atoms with Crippen LogP contribution in [0.2, 0.25) is 0 Å². The van der Waals surface area contributed by atoms with Crippen LogP contribution in [-0.2, 0) is 5.60 Å². The molecule has 130 valence electrons. The van der Waals surface area contributed by atoms with Crippen LogP contribution in [0.3, 0.4) is 0 Å². The van der Waals surface area contributed by atoms with Gasteiger partial charge in [-0.3, -0.25) is 4.79 Å². The van der Waals surface area contributed by atoms with E-state index in [1.165, 1.54) is 0 Å². The summed E-state index contributed by atoms with van der Waals surface area (Å²) in [6, 6.07) is 13.4. The predicted molar refractivity (Wildman–Crippen MR) is 93.8 cm³/mol. The van der Waals surface area contributed by atoms with E-state index >= 15 is 0 Å². The maximum atomic E-state index is 12.9. The average Bonchev–Trinajstić information content (AvgIpc) is 2.69. The molecule has 1 aliphatic carbocycles. The second-order valence-electron chi connectivity index (χ2n) is 7.11. The van der Waals surface area contributed by atoms with Crippen molar-refractivity contribution in [2.75, 3.05) is 6.54 Å². The highest BCUT2D eigenvalue weighted by Gasteiger charge is 2.50. The van der Waals surface area contributed by atoms with Gasteiger partial charge in [0.25, 0.3) is 5.91 Å². The van der Waals surface area contributed by atoms with Gasteiger partial charge in [-0.25, -0.2) is 0 Å². The first-order valence-corrected chi connectivity index (χ1v) is 9.07. The smallest absolute Gasteiger partial charge is 0.274 e. The molecule has 0 spiro atoms. The van der Waals surface area contributed by atoms with E-state index in [9.17, 15) is 9.90 Å². The molecular weight excluding hydrogens is 314 g/mol. The predicted octanol–water partition coefficient (Wildman–Crippen LogP) is 2.77. The molecule has 2 aliphatic rings. The van der Waals surface area contributed by atoms with Crippen LogP contribution in [0.25, 0.3) is 0 Å². The van der Waals surface area contributed by atoms with Crippen LogP contribution in [0.5, 0.6) is 0 Å². The minimum absolute atomic E-state index is 0.0576. The van der Waals surface area contributed by atoms with Gasteiger partial charge in [-0.1, -0.05) is 43.2 Å². The molecule has 1 aliphatic heterocycles. The summed E-state index contributed by atoms with van der Waals surface area (Å²) in [6.07, 6.45) is 6.21. The monoisotopic (exact) mass is 337 g/mol. The first kappa shape index (κ1) is 16.2. The van der Waals surface area contributed by atoms with Crippen LogP contribution in [0.4, 0.5) is 0 Å². The molecule has 2 fully saturated rings. The number of likely N-dealkylation sites (tertiary alicyclic amines) is 1. The van der Waals surface area contributed by atoms with Gasteiger partial charge in [0.2, 0.25) is 0 Å². The Morgan fingerprint density at radius 3 is 2.68 bits per heavy atom. The third-order valence-corrected chi connectivity index (χ3v) is 5.80. The molecule has 5 heteroatoms. The first-order chi connectivity index (χ1) is 12.2. The van der Waals surface area contributed by atoms with Gasteiger partial charge in [0, 0.05) is 24.7 Å². The van der Waals surface area contributed by atoms with E-state index in [1.807, 2.05) is 35.2 Å². The number of hydrogen-bond acceptors (Lipinski definition) is 4. The fourth-order valence-electron chi connectivity index (χ4n) is 4.58. The number of fused-ring (bicyclic) bond motifs is 1. The number of carbonyl (C=O) groups is 1. The van der Waals surface area contributed by atoms with Crippen LogP contribution in [0, 0.1) is 5.92 Å². The Morgan fingerprint density at radius 1 is 1.12 bits per heavy atom. The molecule has 1 aromatic heterocycles. The van der Waals surface area contributed by atoms with Gasteiger partial charge in [0.15, 0.2) is 5.69 Å². The van der Waals surface area contributed by atoms with Crippen molar-refractivity contribution in [3.63, 3.8) is 0 Å². The van der Waals surface area contributed by atoms with Crippen molar-refractivity contribution in [2.24, 2.45) is 5.92 Å². The van der Waals surface area contributed by atoms with Crippen LogP contribution >= 0.6 is 0 Å². The summed E-state index contributed by atoms with van der Waals surface area (Å²) in [4.78, 5) is 14.9. The number of rotatable bonds is 2. The van der Waals surface area contributed by atoms with E-state index < -0.39 is 5.60 Å². The van der Waals surface area contributed by atoms with Crippen LogP contribution in [0.15, 0.2) is 48.7 Å². The zero-order chi connectivity index (χ0) is 17.3. The fourth-order valence-corrected chi connectivity index (χ4v) is 4.58. The van der Waals surface area contributed by atoms with Gasteiger partial charge in [-0.15, -0.1) is 5.10 Å². The van der Waals surface area contributed by atoms with Crippen molar-refractivity contribution < 1.29 is 9.90 Å². The second-order valence-corrected chi connectivity index (χ2v) is 7.11. The lowest BCUT2D eigenvalue weighted by Crippen LogP contribution is -2.59. The number of benzene rings is 1. The molecule has 1 aromatic carbocycles. The number of aliphatic hydroxyl groups is 1. The lowest BCUT2D eigenvalue weighted by Gasteiger charge is -2.52. The highest BCUT2D eigenvalue weighted by Crippen LogP contribution is 2.47. The number of carbonyl (C=O) groups excluding carboxylic acids is 1. The molecule has 0 bridgehead atoms. The summed E-state index contributed by atoms with van der Waals surface area (Å²) in [5.41, 5.74) is 0.501. The standard InChI is InChI=1S/C20H23N3O2/c24-19(17-10-6-13-21-22-17)23-14-12-20(25,15-7-2-1-3-8-15)16-9-4-5-11-18(16)23/h1-3,6-8,10,13,16,18,25H,4-5,9,11-12,14H2/t16-,18+,20-/m0/s1. The van der Waals surface area contributed by atoms with Crippen molar-refractivity contribution in [1.82, 2.24) is 15.1 Å². The maximum absolute atomic E-state index is 12.9. The molecule has 0 unspecified atom stereocenters. The summed E-state index contributed by atoms with van der Waals surface area (Å²) in [5, 5.41) is 19.4. The Labute approximate surface area is 147 Å². The average molecular weight is 337 g/mol. The minimum Gasteiger partial charge on any atom is -0.385 e. The Balaban J connectivity index is 1.66. The van der Waals surface area contributed by atoms with E-state index in [0.29, 0.717) is 18.7 Å². The highest BCUT2D eigenvalue weighted by molar-refractivity contribution is 5.92. The number of amides is 1. The molecule has 1 saturated heterocycles. The molecule has 4 rings (SSSR count). The largest absolute Gasteiger partial charge is 0.385 e. The fraction of sp³-hybridized carbons (Fsp3) is 0.450. The minimum atomic E-state index is -0.856. The van der Waals surface area contributed by atoms with Crippen LogP contribution in [-0.4, -0.2) is 38.7 Å². The summed E-state index contributed by atoms with van der Waals surface area (Å²) in [7, 11) is 0. The molecule has 1 amide bonds. The van der Waals surface area contributed by atoms with Gasteiger partial charge >= 0.3 is 0 Å². The Hall–Kier alpha value is -2.27. The molecule has 3 atom stereocenters. The molecular formula is C20H23N3O2. The van der Waals surface area contributed by atoms with E-state index in [-0.39, 0.29) is 17.9 Å². The van der Waals surface area contributed by atoms with Crippen LogP contribution < -0.4 is 0 Å². The lowest BCUT2D eigenvalue weighted by atomic mass is 9.66. The van der Waals surface area contributed by atoms with Crippen LogP contribution in [0.1, 0.15) is 48.2 Å². The Kier molecular flexibility index (Phi) is 4.25. The van der Waals surface area contributed by atoms with Gasteiger partial charge < -0.3 is 10.0 Å². The topological polar surface area (TPSA) is 66.3 Å². The maximum Gasteiger partial charge on any atom is 0.274 e. The van der Waals surface area contributed by atoms with Gasteiger partial charge in [0.05, 0.1) is 5.60 Å². The van der Waals surface area contributed by atoms with Gasteiger partial charge in [0.1, 0.15) is 0 Å².